The van der Waals surface area contributed by atoms with Crippen molar-refractivity contribution in [2.75, 3.05) is 34.4 Å². The van der Waals surface area contributed by atoms with Crippen molar-refractivity contribution in [2.45, 2.75) is 13.0 Å². The van der Waals surface area contributed by atoms with E-state index >= 15 is 0 Å². The van der Waals surface area contributed by atoms with E-state index in [9.17, 15) is 4.79 Å². The van der Waals surface area contributed by atoms with Gasteiger partial charge >= 0.3 is 0 Å². The van der Waals surface area contributed by atoms with Crippen molar-refractivity contribution in [1.82, 2.24) is 10.2 Å². The third-order valence-electron chi connectivity index (χ3n) is 4.15. The summed E-state index contributed by atoms with van der Waals surface area (Å²) in [5.41, 5.74) is 2.17. The standard InChI is InChI=1S/C22H28N2O3/c1-24(17-19-8-5-4-6-9-19)15-7-14-23-22(25)13-11-18-10-12-20(26-2)21(16-18)27-3/h4-6,8-13,16H,7,14-15,17H2,1-3H3,(H,23,25)/b13-11+. The van der Waals surface area contributed by atoms with Crippen LogP contribution in [-0.2, 0) is 11.3 Å². The van der Waals surface area contributed by atoms with Crippen molar-refractivity contribution in [3.8, 4) is 11.5 Å². The van der Waals surface area contributed by atoms with Gasteiger partial charge in [-0.2, -0.15) is 0 Å². The maximum Gasteiger partial charge on any atom is 0.243 e. The molecular formula is C22H28N2O3. The summed E-state index contributed by atoms with van der Waals surface area (Å²) < 4.78 is 10.5. The number of benzene rings is 2. The number of carbonyl (C=O) groups excluding carboxylic acids is 1. The summed E-state index contributed by atoms with van der Waals surface area (Å²) >= 11 is 0. The molecule has 0 saturated heterocycles. The van der Waals surface area contributed by atoms with Crippen LogP contribution >= 0.6 is 0 Å². The molecule has 0 heterocycles. The topological polar surface area (TPSA) is 50.8 Å². The summed E-state index contributed by atoms with van der Waals surface area (Å²) in [6, 6.07) is 15.9. The van der Waals surface area contributed by atoms with E-state index in [1.54, 1.807) is 20.3 Å². The highest BCUT2D eigenvalue weighted by Gasteiger charge is 2.04. The molecule has 0 radical (unpaired) electrons. The highest BCUT2D eigenvalue weighted by atomic mass is 16.5. The SMILES string of the molecule is COc1ccc(/C=C/C(=O)NCCCN(C)Cc2ccccc2)cc1OC. The fourth-order valence-corrected chi connectivity index (χ4v) is 2.72. The summed E-state index contributed by atoms with van der Waals surface area (Å²) in [4.78, 5) is 14.2. The number of hydrogen-bond acceptors (Lipinski definition) is 4. The molecule has 0 atom stereocenters. The van der Waals surface area contributed by atoms with E-state index < -0.39 is 0 Å². The van der Waals surface area contributed by atoms with Gasteiger partial charge in [0.1, 0.15) is 0 Å². The van der Waals surface area contributed by atoms with Crippen molar-refractivity contribution in [1.29, 1.82) is 0 Å². The molecular weight excluding hydrogens is 340 g/mol. The zero-order chi connectivity index (χ0) is 19.5. The first-order valence-corrected chi connectivity index (χ1v) is 9.03. The third kappa shape index (κ3) is 7.15. The molecule has 5 heteroatoms. The van der Waals surface area contributed by atoms with Gasteiger partial charge in [-0.25, -0.2) is 0 Å². The monoisotopic (exact) mass is 368 g/mol. The van der Waals surface area contributed by atoms with Gasteiger partial charge in [-0.15, -0.1) is 0 Å². The van der Waals surface area contributed by atoms with Gasteiger partial charge in [0.25, 0.3) is 0 Å². The van der Waals surface area contributed by atoms with Crippen molar-refractivity contribution in [2.24, 2.45) is 0 Å². The summed E-state index contributed by atoms with van der Waals surface area (Å²) in [6.07, 6.45) is 4.20. The molecule has 0 fully saturated rings. The minimum Gasteiger partial charge on any atom is -0.493 e. The predicted molar refractivity (Wildman–Crippen MR) is 109 cm³/mol. The maximum atomic E-state index is 12.0. The van der Waals surface area contributed by atoms with E-state index in [1.165, 1.54) is 11.6 Å². The van der Waals surface area contributed by atoms with Crippen LogP contribution in [0.3, 0.4) is 0 Å². The molecule has 5 nitrogen and oxygen atoms in total. The second-order valence-corrected chi connectivity index (χ2v) is 6.32. The van der Waals surface area contributed by atoms with E-state index in [-0.39, 0.29) is 5.91 Å². The fraction of sp³-hybridized carbons (Fsp3) is 0.318. The molecule has 144 valence electrons. The highest BCUT2D eigenvalue weighted by molar-refractivity contribution is 5.91. The molecule has 2 rings (SSSR count). The first-order chi connectivity index (χ1) is 13.1. The van der Waals surface area contributed by atoms with Gasteiger partial charge in [-0.05, 0) is 49.3 Å². The number of hydrogen-bond donors (Lipinski definition) is 1. The molecule has 0 aromatic heterocycles. The Labute approximate surface area is 161 Å². The Morgan fingerprint density at radius 2 is 1.81 bits per heavy atom. The Morgan fingerprint density at radius 1 is 1.07 bits per heavy atom. The number of methoxy groups -OCH3 is 2. The Kier molecular flexibility index (Phi) is 8.39. The Balaban J connectivity index is 1.70. The third-order valence-corrected chi connectivity index (χ3v) is 4.15. The van der Waals surface area contributed by atoms with Crippen LogP contribution in [0.5, 0.6) is 11.5 Å². The lowest BCUT2D eigenvalue weighted by Gasteiger charge is -2.16. The molecule has 0 unspecified atom stereocenters. The van der Waals surface area contributed by atoms with Gasteiger partial charge in [-0.1, -0.05) is 36.4 Å². The van der Waals surface area contributed by atoms with Crippen LogP contribution in [0, 0.1) is 0 Å². The molecule has 0 bridgehead atoms. The van der Waals surface area contributed by atoms with E-state index in [0.29, 0.717) is 18.0 Å². The lowest BCUT2D eigenvalue weighted by molar-refractivity contribution is -0.116. The summed E-state index contributed by atoms with van der Waals surface area (Å²) in [5, 5.41) is 2.91. The van der Waals surface area contributed by atoms with Gasteiger partial charge in [0.05, 0.1) is 14.2 Å². The number of carbonyl (C=O) groups is 1. The summed E-state index contributed by atoms with van der Waals surface area (Å²) in [6.45, 7) is 2.48. The Hall–Kier alpha value is -2.79. The molecule has 27 heavy (non-hydrogen) atoms. The molecule has 0 spiro atoms. The molecule has 1 amide bonds. The van der Waals surface area contributed by atoms with Crippen molar-refractivity contribution in [3.63, 3.8) is 0 Å². The smallest absolute Gasteiger partial charge is 0.243 e. The average Bonchev–Trinajstić information content (AvgIpc) is 2.70. The molecule has 1 N–H and O–H groups in total. The van der Waals surface area contributed by atoms with Crippen LogP contribution in [0.2, 0.25) is 0 Å². The predicted octanol–water partition coefficient (Wildman–Crippen LogP) is 3.36. The van der Waals surface area contributed by atoms with Crippen LogP contribution in [-0.4, -0.2) is 45.2 Å². The maximum absolute atomic E-state index is 12.0. The molecule has 0 aliphatic carbocycles. The number of amides is 1. The summed E-state index contributed by atoms with van der Waals surface area (Å²) in [7, 11) is 5.27. The van der Waals surface area contributed by atoms with Crippen molar-refractivity contribution < 1.29 is 14.3 Å². The second kappa shape index (κ2) is 11.0. The first-order valence-electron chi connectivity index (χ1n) is 9.03. The zero-order valence-corrected chi connectivity index (χ0v) is 16.3. The number of nitrogens with zero attached hydrogens (tertiary/aromatic N) is 1. The lowest BCUT2D eigenvalue weighted by Crippen LogP contribution is -2.26. The zero-order valence-electron chi connectivity index (χ0n) is 16.3. The molecule has 2 aromatic carbocycles. The summed E-state index contributed by atoms with van der Waals surface area (Å²) in [5.74, 6) is 1.20. The second-order valence-electron chi connectivity index (χ2n) is 6.32. The lowest BCUT2D eigenvalue weighted by atomic mass is 10.2. The van der Waals surface area contributed by atoms with Gasteiger partial charge in [-0.3, -0.25) is 4.79 Å². The molecule has 0 saturated carbocycles. The van der Waals surface area contributed by atoms with Crippen LogP contribution in [0.4, 0.5) is 0 Å². The van der Waals surface area contributed by atoms with Gasteiger partial charge in [0.15, 0.2) is 11.5 Å². The minimum atomic E-state index is -0.101. The average molecular weight is 368 g/mol. The van der Waals surface area contributed by atoms with E-state index in [0.717, 1.165) is 25.1 Å². The van der Waals surface area contributed by atoms with E-state index in [4.69, 9.17) is 9.47 Å². The van der Waals surface area contributed by atoms with Crippen LogP contribution in [0.25, 0.3) is 6.08 Å². The first kappa shape index (κ1) is 20.5. The largest absolute Gasteiger partial charge is 0.493 e. The van der Waals surface area contributed by atoms with Gasteiger partial charge in [0.2, 0.25) is 5.91 Å². The van der Waals surface area contributed by atoms with Crippen LogP contribution < -0.4 is 14.8 Å². The van der Waals surface area contributed by atoms with Crippen molar-refractivity contribution in [3.05, 3.63) is 65.7 Å². The Bertz CT molecular complexity index is 744. The van der Waals surface area contributed by atoms with E-state index in [2.05, 4.69) is 29.4 Å². The van der Waals surface area contributed by atoms with Crippen molar-refractivity contribution >= 4 is 12.0 Å². The van der Waals surface area contributed by atoms with Gasteiger partial charge in [0, 0.05) is 19.2 Å². The minimum absolute atomic E-state index is 0.101. The van der Waals surface area contributed by atoms with Gasteiger partial charge < -0.3 is 19.7 Å². The molecule has 2 aromatic rings. The quantitative estimate of drug-likeness (QED) is 0.516. The molecule has 0 aliphatic heterocycles. The fourth-order valence-electron chi connectivity index (χ4n) is 2.72. The number of nitrogens with one attached hydrogen (secondary N) is 1. The van der Waals surface area contributed by atoms with E-state index in [1.807, 2.05) is 36.4 Å². The van der Waals surface area contributed by atoms with Crippen LogP contribution in [0.1, 0.15) is 17.5 Å². The highest BCUT2D eigenvalue weighted by Crippen LogP contribution is 2.27. The van der Waals surface area contributed by atoms with Crippen LogP contribution in [0.15, 0.2) is 54.6 Å². The normalized spacial score (nSPS) is 11.0. The number of rotatable bonds is 10. The number of ether oxygens (including phenoxy) is 2. The molecule has 0 aliphatic rings. The Morgan fingerprint density at radius 3 is 2.52 bits per heavy atom.